The zero-order valence-corrected chi connectivity index (χ0v) is 16.4. The van der Waals surface area contributed by atoms with Crippen LogP contribution in [-0.2, 0) is 16.1 Å². The SMILES string of the molecule is Cc1ccc(N2C(=O)CC[C@H](C(=O)NCc3ccco3)[C@@H]2c2cccs2)cc1. The molecule has 1 saturated heterocycles. The molecule has 1 aliphatic rings. The van der Waals surface area contributed by atoms with Crippen molar-refractivity contribution < 1.29 is 14.0 Å². The highest BCUT2D eigenvalue weighted by Gasteiger charge is 2.41. The molecule has 1 fully saturated rings. The van der Waals surface area contributed by atoms with E-state index >= 15 is 0 Å². The Kier molecular flexibility index (Phi) is 5.30. The fourth-order valence-corrected chi connectivity index (χ4v) is 4.56. The van der Waals surface area contributed by atoms with Crippen LogP contribution in [0.4, 0.5) is 5.69 Å². The summed E-state index contributed by atoms with van der Waals surface area (Å²) < 4.78 is 5.31. The molecular weight excluding hydrogens is 372 g/mol. The van der Waals surface area contributed by atoms with E-state index < -0.39 is 0 Å². The van der Waals surface area contributed by atoms with E-state index in [1.807, 2.05) is 54.8 Å². The molecule has 0 aliphatic carbocycles. The average Bonchev–Trinajstić information content (AvgIpc) is 3.41. The van der Waals surface area contributed by atoms with E-state index in [-0.39, 0.29) is 23.8 Å². The molecule has 28 heavy (non-hydrogen) atoms. The topological polar surface area (TPSA) is 62.6 Å². The molecule has 4 rings (SSSR count). The van der Waals surface area contributed by atoms with Gasteiger partial charge in [0.2, 0.25) is 11.8 Å². The highest BCUT2D eigenvalue weighted by molar-refractivity contribution is 7.10. The molecule has 0 radical (unpaired) electrons. The van der Waals surface area contributed by atoms with Crippen molar-refractivity contribution in [2.75, 3.05) is 4.90 Å². The second kappa shape index (κ2) is 8.02. The largest absolute Gasteiger partial charge is 0.467 e. The Balaban J connectivity index is 1.64. The van der Waals surface area contributed by atoms with Crippen molar-refractivity contribution in [2.24, 2.45) is 5.92 Å². The predicted octanol–water partition coefficient (Wildman–Crippen LogP) is 4.45. The lowest BCUT2D eigenvalue weighted by Gasteiger charge is -2.40. The molecule has 1 aromatic carbocycles. The van der Waals surface area contributed by atoms with E-state index in [4.69, 9.17) is 4.42 Å². The number of furan rings is 1. The molecule has 2 aromatic heterocycles. The quantitative estimate of drug-likeness (QED) is 0.695. The fourth-order valence-electron chi connectivity index (χ4n) is 3.68. The van der Waals surface area contributed by atoms with Gasteiger partial charge in [0.05, 0.1) is 24.8 Å². The van der Waals surface area contributed by atoms with Crippen molar-refractivity contribution in [2.45, 2.75) is 32.4 Å². The Labute approximate surface area is 168 Å². The molecule has 0 saturated carbocycles. The molecule has 6 heteroatoms. The highest BCUT2D eigenvalue weighted by Crippen LogP contribution is 2.41. The van der Waals surface area contributed by atoms with Crippen molar-refractivity contribution in [1.82, 2.24) is 5.32 Å². The van der Waals surface area contributed by atoms with Gasteiger partial charge >= 0.3 is 0 Å². The summed E-state index contributed by atoms with van der Waals surface area (Å²) in [6, 6.07) is 15.2. The molecule has 1 aliphatic heterocycles. The first-order valence-corrected chi connectivity index (χ1v) is 10.2. The number of nitrogens with one attached hydrogen (secondary N) is 1. The Morgan fingerprint density at radius 3 is 2.71 bits per heavy atom. The number of amides is 2. The van der Waals surface area contributed by atoms with Crippen molar-refractivity contribution in [3.8, 4) is 0 Å². The molecule has 3 heterocycles. The summed E-state index contributed by atoms with van der Waals surface area (Å²) in [4.78, 5) is 28.8. The van der Waals surface area contributed by atoms with Gasteiger partial charge in [0.1, 0.15) is 5.76 Å². The van der Waals surface area contributed by atoms with Crippen LogP contribution >= 0.6 is 11.3 Å². The van der Waals surface area contributed by atoms with Gasteiger partial charge in [-0.2, -0.15) is 0 Å². The summed E-state index contributed by atoms with van der Waals surface area (Å²) in [6.45, 7) is 2.36. The molecule has 2 amide bonds. The third-order valence-corrected chi connectivity index (χ3v) is 6.04. The number of nitrogens with zero attached hydrogens (tertiary/aromatic N) is 1. The van der Waals surface area contributed by atoms with Crippen molar-refractivity contribution >= 4 is 28.8 Å². The first-order chi connectivity index (χ1) is 13.6. The summed E-state index contributed by atoms with van der Waals surface area (Å²) in [5.74, 6) is 0.396. The van der Waals surface area contributed by atoms with Crippen LogP contribution in [0.5, 0.6) is 0 Å². The van der Waals surface area contributed by atoms with Crippen molar-refractivity contribution in [3.05, 3.63) is 76.4 Å². The van der Waals surface area contributed by atoms with Gasteiger partial charge in [0.15, 0.2) is 0 Å². The lowest BCUT2D eigenvalue weighted by atomic mass is 9.86. The van der Waals surface area contributed by atoms with Crippen LogP contribution in [-0.4, -0.2) is 11.8 Å². The zero-order valence-electron chi connectivity index (χ0n) is 15.6. The maximum atomic E-state index is 13.1. The van der Waals surface area contributed by atoms with Gasteiger partial charge in [0, 0.05) is 17.0 Å². The molecule has 0 bridgehead atoms. The minimum absolute atomic E-state index is 0.0531. The van der Waals surface area contributed by atoms with Gasteiger partial charge in [-0.05, 0) is 49.1 Å². The lowest BCUT2D eigenvalue weighted by Crippen LogP contribution is -2.48. The van der Waals surface area contributed by atoms with Crippen LogP contribution in [0.1, 0.15) is 35.1 Å². The minimum Gasteiger partial charge on any atom is -0.467 e. The van der Waals surface area contributed by atoms with E-state index in [1.54, 1.807) is 28.6 Å². The number of piperidine rings is 1. The van der Waals surface area contributed by atoms with Crippen LogP contribution < -0.4 is 10.2 Å². The van der Waals surface area contributed by atoms with Gasteiger partial charge in [-0.15, -0.1) is 11.3 Å². The summed E-state index contributed by atoms with van der Waals surface area (Å²) in [6.07, 6.45) is 2.48. The number of aryl methyl sites for hydroxylation is 1. The third-order valence-electron chi connectivity index (χ3n) is 5.10. The number of thiophene rings is 1. The molecule has 144 valence electrons. The van der Waals surface area contributed by atoms with E-state index in [0.717, 1.165) is 16.1 Å². The molecule has 3 aromatic rings. The van der Waals surface area contributed by atoms with Crippen LogP contribution in [0.2, 0.25) is 0 Å². The molecule has 0 spiro atoms. The first-order valence-electron chi connectivity index (χ1n) is 9.35. The van der Waals surface area contributed by atoms with E-state index in [0.29, 0.717) is 25.1 Å². The maximum absolute atomic E-state index is 13.1. The number of hydrogen-bond acceptors (Lipinski definition) is 4. The van der Waals surface area contributed by atoms with Crippen molar-refractivity contribution in [1.29, 1.82) is 0 Å². The standard InChI is InChI=1S/C22H22N2O3S/c1-15-6-8-16(9-7-15)24-20(25)11-10-18(21(24)19-5-3-13-28-19)22(26)23-14-17-4-2-12-27-17/h2-9,12-13,18,21H,10-11,14H2,1H3,(H,23,26)/t18-,21+/m0/s1. The number of carbonyl (C=O) groups is 2. The maximum Gasteiger partial charge on any atom is 0.227 e. The monoisotopic (exact) mass is 394 g/mol. The average molecular weight is 394 g/mol. The number of benzene rings is 1. The number of hydrogen-bond donors (Lipinski definition) is 1. The van der Waals surface area contributed by atoms with Gasteiger partial charge in [-0.25, -0.2) is 0 Å². The molecule has 0 unspecified atom stereocenters. The molecular formula is C22H22N2O3S. The molecule has 1 N–H and O–H groups in total. The molecule has 2 atom stereocenters. The summed E-state index contributed by atoms with van der Waals surface area (Å²) in [5, 5.41) is 4.96. The van der Waals surface area contributed by atoms with Crippen LogP contribution in [0.15, 0.2) is 64.6 Å². The van der Waals surface area contributed by atoms with Crippen molar-refractivity contribution in [3.63, 3.8) is 0 Å². The van der Waals surface area contributed by atoms with E-state index in [2.05, 4.69) is 5.32 Å². The Bertz CT molecular complexity index is 933. The van der Waals surface area contributed by atoms with Gasteiger partial charge in [-0.3, -0.25) is 9.59 Å². The fraction of sp³-hybridized carbons (Fsp3) is 0.273. The zero-order chi connectivity index (χ0) is 19.5. The summed E-state index contributed by atoms with van der Waals surface area (Å²) in [7, 11) is 0. The van der Waals surface area contributed by atoms with Crippen LogP contribution in [0.3, 0.4) is 0 Å². The number of carbonyl (C=O) groups excluding carboxylic acids is 2. The van der Waals surface area contributed by atoms with E-state index in [9.17, 15) is 9.59 Å². The highest BCUT2D eigenvalue weighted by atomic mass is 32.1. The second-order valence-electron chi connectivity index (χ2n) is 7.00. The summed E-state index contributed by atoms with van der Waals surface area (Å²) in [5.41, 5.74) is 1.96. The summed E-state index contributed by atoms with van der Waals surface area (Å²) >= 11 is 1.58. The normalized spacial score (nSPS) is 19.6. The Hall–Kier alpha value is -2.86. The predicted molar refractivity (Wildman–Crippen MR) is 109 cm³/mol. The second-order valence-corrected chi connectivity index (χ2v) is 7.98. The number of anilines is 1. The van der Waals surface area contributed by atoms with Gasteiger partial charge < -0.3 is 14.6 Å². The van der Waals surface area contributed by atoms with Crippen LogP contribution in [0.25, 0.3) is 0 Å². The van der Waals surface area contributed by atoms with Crippen LogP contribution in [0, 0.1) is 12.8 Å². The van der Waals surface area contributed by atoms with Gasteiger partial charge in [0.25, 0.3) is 0 Å². The smallest absolute Gasteiger partial charge is 0.227 e. The minimum atomic E-state index is -0.312. The van der Waals surface area contributed by atoms with E-state index in [1.165, 1.54) is 0 Å². The first kappa shape index (κ1) is 18.5. The van der Waals surface area contributed by atoms with Gasteiger partial charge in [-0.1, -0.05) is 23.8 Å². The number of rotatable bonds is 5. The lowest BCUT2D eigenvalue weighted by molar-refractivity contribution is -0.129. The molecule has 5 nitrogen and oxygen atoms in total. The third kappa shape index (κ3) is 3.73. The Morgan fingerprint density at radius 2 is 2.04 bits per heavy atom. The Morgan fingerprint density at radius 1 is 1.21 bits per heavy atom.